The van der Waals surface area contributed by atoms with Crippen LogP contribution in [-0.4, -0.2) is 17.2 Å². The van der Waals surface area contributed by atoms with Crippen LogP contribution < -0.4 is 4.90 Å². The fraction of sp³-hybridized carbons (Fsp3) is 0.125. The van der Waals surface area contributed by atoms with E-state index in [0.717, 1.165) is 11.3 Å². The van der Waals surface area contributed by atoms with Crippen LogP contribution in [0.1, 0.15) is 5.89 Å². The highest BCUT2D eigenvalue weighted by Crippen LogP contribution is 2.21. The molecule has 0 amide bonds. The molecular weight excluding hydrogens is 286 g/mol. The molecule has 2 aromatic carbocycles. The van der Waals surface area contributed by atoms with Gasteiger partial charge in [-0.15, -0.1) is 10.2 Å². The van der Waals surface area contributed by atoms with E-state index in [2.05, 4.69) is 15.1 Å². The largest absolute Gasteiger partial charge is 0.419 e. The Labute approximate surface area is 128 Å². The van der Waals surface area contributed by atoms with Crippen LogP contribution >= 0.6 is 11.6 Å². The molecule has 0 spiro atoms. The molecule has 0 N–H and O–H groups in total. The first-order valence-electron chi connectivity index (χ1n) is 6.57. The molecule has 0 saturated heterocycles. The Morgan fingerprint density at radius 3 is 2.43 bits per heavy atom. The lowest BCUT2D eigenvalue weighted by Gasteiger charge is -2.16. The summed E-state index contributed by atoms with van der Waals surface area (Å²) in [6.07, 6.45) is 0. The van der Waals surface area contributed by atoms with Crippen LogP contribution in [0, 0.1) is 0 Å². The first-order chi connectivity index (χ1) is 10.2. The standard InChI is InChI=1S/C16H14ClN3O/c1-20(14-5-3-2-4-6-14)11-15-18-19-16(21-15)12-7-9-13(17)10-8-12/h2-10H,11H2,1H3. The monoisotopic (exact) mass is 299 g/mol. The molecule has 1 aromatic heterocycles. The maximum atomic E-state index is 5.87. The highest BCUT2D eigenvalue weighted by atomic mass is 35.5. The van der Waals surface area contributed by atoms with Gasteiger partial charge < -0.3 is 9.32 Å². The lowest BCUT2D eigenvalue weighted by atomic mass is 10.2. The van der Waals surface area contributed by atoms with Crippen LogP contribution in [0.25, 0.3) is 11.5 Å². The molecule has 5 heteroatoms. The molecule has 0 aliphatic heterocycles. The van der Waals surface area contributed by atoms with E-state index in [1.807, 2.05) is 49.5 Å². The van der Waals surface area contributed by atoms with Gasteiger partial charge in [-0.1, -0.05) is 29.8 Å². The Bertz CT molecular complexity index is 710. The van der Waals surface area contributed by atoms with Gasteiger partial charge in [0.2, 0.25) is 11.8 Å². The summed E-state index contributed by atoms with van der Waals surface area (Å²) in [4.78, 5) is 2.05. The van der Waals surface area contributed by atoms with E-state index in [-0.39, 0.29) is 0 Å². The van der Waals surface area contributed by atoms with Crippen molar-refractivity contribution < 1.29 is 4.42 Å². The van der Waals surface area contributed by atoms with Crippen molar-refractivity contribution in [1.29, 1.82) is 0 Å². The van der Waals surface area contributed by atoms with Crippen LogP contribution in [-0.2, 0) is 6.54 Å². The predicted molar refractivity (Wildman–Crippen MR) is 83.3 cm³/mol. The Kier molecular flexibility index (Phi) is 3.88. The van der Waals surface area contributed by atoms with E-state index < -0.39 is 0 Å². The van der Waals surface area contributed by atoms with Crippen LogP contribution in [0.15, 0.2) is 59.0 Å². The van der Waals surface area contributed by atoms with E-state index in [9.17, 15) is 0 Å². The molecule has 0 saturated carbocycles. The van der Waals surface area contributed by atoms with Crippen molar-refractivity contribution in [3.63, 3.8) is 0 Å². The normalized spacial score (nSPS) is 10.6. The van der Waals surface area contributed by atoms with Gasteiger partial charge in [-0.3, -0.25) is 0 Å². The van der Waals surface area contributed by atoms with E-state index in [1.165, 1.54) is 0 Å². The van der Waals surface area contributed by atoms with Crippen LogP contribution in [0.5, 0.6) is 0 Å². The maximum Gasteiger partial charge on any atom is 0.247 e. The van der Waals surface area contributed by atoms with Crippen molar-refractivity contribution in [1.82, 2.24) is 10.2 Å². The smallest absolute Gasteiger partial charge is 0.247 e. The lowest BCUT2D eigenvalue weighted by Crippen LogP contribution is -2.16. The van der Waals surface area contributed by atoms with Crippen molar-refractivity contribution in [3.8, 4) is 11.5 Å². The summed E-state index contributed by atoms with van der Waals surface area (Å²) in [6.45, 7) is 0.560. The first kappa shape index (κ1) is 13.6. The van der Waals surface area contributed by atoms with Gasteiger partial charge in [0, 0.05) is 23.3 Å². The number of nitrogens with zero attached hydrogens (tertiary/aromatic N) is 3. The number of hydrogen-bond donors (Lipinski definition) is 0. The third-order valence-corrected chi connectivity index (χ3v) is 3.38. The van der Waals surface area contributed by atoms with Gasteiger partial charge in [0.1, 0.15) is 0 Å². The minimum Gasteiger partial charge on any atom is -0.419 e. The van der Waals surface area contributed by atoms with E-state index >= 15 is 0 Å². The van der Waals surface area contributed by atoms with Gasteiger partial charge in [0.15, 0.2) is 0 Å². The van der Waals surface area contributed by atoms with E-state index in [0.29, 0.717) is 23.3 Å². The second-order valence-corrected chi connectivity index (χ2v) is 5.14. The van der Waals surface area contributed by atoms with Gasteiger partial charge >= 0.3 is 0 Å². The van der Waals surface area contributed by atoms with Crippen LogP contribution in [0.2, 0.25) is 5.02 Å². The highest BCUT2D eigenvalue weighted by Gasteiger charge is 2.10. The molecule has 0 aliphatic rings. The number of halogens is 1. The average molecular weight is 300 g/mol. The second-order valence-electron chi connectivity index (χ2n) is 4.70. The maximum absolute atomic E-state index is 5.87. The Hall–Kier alpha value is -2.33. The number of para-hydroxylation sites is 1. The third-order valence-electron chi connectivity index (χ3n) is 3.13. The molecule has 1 heterocycles. The number of aromatic nitrogens is 2. The average Bonchev–Trinajstić information content (AvgIpc) is 2.97. The highest BCUT2D eigenvalue weighted by molar-refractivity contribution is 6.30. The molecule has 3 rings (SSSR count). The lowest BCUT2D eigenvalue weighted by molar-refractivity contribution is 0.503. The summed E-state index contributed by atoms with van der Waals surface area (Å²) in [5.41, 5.74) is 1.96. The van der Waals surface area contributed by atoms with Gasteiger partial charge in [0.25, 0.3) is 0 Å². The topological polar surface area (TPSA) is 42.2 Å². The number of rotatable bonds is 4. The van der Waals surface area contributed by atoms with E-state index in [4.69, 9.17) is 16.0 Å². The molecule has 106 valence electrons. The molecule has 21 heavy (non-hydrogen) atoms. The van der Waals surface area contributed by atoms with Crippen LogP contribution in [0.3, 0.4) is 0 Å². The molecule has 0 bridgehead atoms. The quantitative estimate of drug-likeness (QED) is 0.729. The zero-order chi connectivity index (χ0) is 14.7. The predicted octanol–water partition coefficient (Wildman–Crippen LogP) is 4.03. The molecular formula is C16H14ClN3O. The Balaban J connectivity index is 1.75. The van der Waals surface area contributed by atoms with Gasteiger partial charge in [0.05, 0.1) is 6.54 Å². The fourth-order valence-electron chi connectivity index (χ4n) is 2.00. The van der Waals surface area contributed by atoms with Crippen molar-refractivity contribution in [3.05, 3.63) is 65.5 Å². The van der Waals surface area contributed by atoms with Crippen molar-refractivity contribution in [2.45, 2.75) is 6.54 Å². The minimum absolute atomic E-state index is 0.503. The summed E-state index contributed by atoms with van der Waals surface area (Å²) in [5, 5.41) is 8.85. The van der Waals surface area contributed by atoms with Gasteiger partial charge in [-0.2, -0.15) is 0 Å². The van der Waals surface area contributed by atoms with Crippen molar-refractivity contribution in [2.75, 3.05) is 11.9 Å². The van der Waals surface area contributed by atoms with Crippen molar-refractivity contribution in [2.24, 2.45) is 0 Å². The molecule has 0 fully saturated rings. The van der Waals surface area contributed by atoms with Crippen LogP contribution in [0.4, 0.5) is 5.69 Å². The summed E-state index contributed by atoms with van der Waals surface area (Å²) in [6, 6.07) is 17.4. The number of anilines is 1. The van der Waals surface area contributed by atoms with Crippen molar-refractivity contribution >= 4 is 17.3 Å². The summed E-state index contributed by atoms with van der Waals surface area (Å²) < 4.78 is 5.69. The zero-order valence-corrected chi connectivity index (χ0v) is 12.3. The molecule has 4 nitrogen and oxygen atoms in total. The zero-order valence-electron chi connectivity index (χ0n) is 11.5. The minimum atomic E-state index is 0.503. The fourth-order valence-corrected chi connectivity index (χ4v) is 2.13. The number of hydrogen-bond acceptors (Lipinski definition) is 4. The number of benzene rings is 2. The Morgan fingerprint density at radius 2 is 1.71 bits per heavy atom. The Morgan fingerprint density at radius 1 is 1.00 bits per heavy atom. The van der Waals surface area contributed by atoms with Gasteiger partial charge in [-0.05, 0) is 36.4 Å². The second kappa shape index (κ2) is 5.97. The SMILES string of the molecule is CN(Cc1nnc(-c2ccc(Cl)cc2)o1)c1ccccc1. The molecule has 0 unspecified atom stereocenters. The van der Waals surface area contributed by atoms with Gasteiger partial charge in [-0.25, -0.2) is 0 Å². The summed E-state index contributed by atoms with van der Waals surface area (Å²) in [5.74, 6) is 1.08. The summed E-state index contributed by atoms with van der Waals surface area (Å²) >= 11 is 5.87. The summed E-state index contributed by atoms with van der Waals surface area (Å²) in [7, 11) is 1.99. The molecule has 0 atom stereocenters. The molecule has 3 aromatic rings. The molecule has 0 aliphatic carbocycles. The first-order valence-corrected chi connectivity index (χ1v) is 6.95. The molecule has 0 radical (unpaired) electrons. The van der Waals surface area contributed by atoms with E-state index in [1.54, 1.807) is 12.1 Å². The third kappa shape index (κ3) is 3.23.